The Hall–Kier alpha value is -1.75. The zero-order valence-corrected chi connectivity index (χ0v) is 9.45. The highest BCUT2D eigenvalue weighted by Gasteiger charge is 2.02. The zero-order valence-electron chi connectivity index (χ0n) is 8.64. The van der Waals surface area contributed by atoms with Crippen molar-refractivity contribution in [2.75, 3.05) is 0 Å². The summed E-state index contributed by atoms with van der Waals surface area (Å²) in [5.41, 5.74) is -0.701. The first-order valence-electron chi connectivity index (χ1n) is 4.70. The number of benzene rings is 1. The fourth-order valence-corrected chi connectivity index (χ4v) is 2.05. The van der Waals surface area contributed by atoms with Crippen LogP contribution in [-0.2, 0) is 7.05 Å². The van der Waals surface area contributed by atoms with E-state index in [0.29, 0.717) is 5.03 Å². The molecule has 82 valence electrons. The summed E-state index contributed by atoms with van der Waals surface area (Å²) in [5.74, 6) is 0. The Bertz CT molecular complexity index is 570. The first-order chi connectivity index (χ1) is 7.66. The maximum Gasteiger partial charge on any atom is 0.328 e. The highest BCUT2D eigenvalue weighted by atomic mass is 32.2. The standard InChI is InChI=1S/C11H10N2O2S/c1-13-10(14)7-9(12-11(13)15)16-8-5-3-2-4-6-8/h2-7H,1H3,(H,12,15). The molecular weight excluding hydrogens is 224 g/mol. The average Bonchev–Trinajstić information content (AvgIpc) is 2.27. The van der Waals surface area contributed by atoms with Crippen LogP contribution in [0, 0.1) is 0 Å². The quantitative estimate of drug-likeness (QED) is 0.795. The molecule has 0 atom stereocenters. The third-order valence-corrected chi connectivity index (χ3v) is 3.04. The van der Waals surface area contributed by atoms with Crippen molar-refractivity contribution in [1.82, 2.24) is 9.55 Å². The fourth-order valence-electron chi connectivity index (χ4n) is 1.20. The van der Waals surface area contributed by atoms with Crippen LogP contribution in [0.15, 0.2) is 55.9 Å². The topological polar surface area (TPSA) is 54.9 Å². The number of aromatic nitrogens is 2. The molecule has 0 aliphatic heterocycles. The minimum atomic E-state index is -0.397. The van der Waals surface area contributed by atoms with Crippen LogP contribution in [0.2, 0.25) is 0 Å². The van der Waals surface area contributed by atoms with E-state index in [1.807, 2.05) is 30.3 Å². The van der Waals surface area contributed by atoms with E-state index in [2.05, 4.69) is 4.98 Å². The lowest BCUT2D eigenvalue weighted by Gasteiger charge is -2.01. The zero-order chi connectivity index (χ0) is 11.5. The normalized spacial score (nSPS) is 10.3. The van der Waals surface area contributed by atoms with Crippen LogP contribution < -0.4 is 11.2 Å². The molecule has 0 saturated heterocycles. The largest absolute Gasteiger partial charge is 0.328 e. The second-order valence-corrected chi connectivity index (χ2v) is 4.37. The van der Waals surface area contributed by atoms with Gasteiger partial charge in [0.25, 0.3) is 5.56 Å². The molecule has 16 heavy (non-hydrogen) atoms. The molecule has 1 aromatic heterocycles. The summed E-state index contributed by atoms with van der Waals surface area (Å²) >= 11 is 1.36. The van der Waals surface area contributed by atoms with Crippen LogP contribution in [0.3, 0.4) is 0 Å². The molecule has 0 saturated carbocycles. The van der Waals surface area contributed by atoms with Gasteiger partial charge >= 0.3 is 5.69 Å². The number of hydrogen-bond acceptors (Lipinski definition) is 3. The molecule has 2 rings (SSSR count). The Morgan fingerprint density at radius 3 is 2.50 bits per heavy atom. The Kier molecular flexibility index (Phi) is 2.96. The van der Waals surface area contributed by atoms with Gasteiger partial charge in [-0.3, -0.25) is 9.36 Å². The molecule has 1 heterocycles. The van der Waals surface area contributed by atoms with E-state index >= 15 is 0 Å². The van der Waals surface area contributed by atoms with Crippen LogP contribution >= 0.6 is 11.8 Å². The lowest BCUT2D eigenvalue weighted by molar-refractivity contribution is 0.748. The lowest BCUT2D eigenvalue weighted by Crippen LogP contribution is -2.31. The van der Waals surface area contributed by atoms with E-state index in [1.165, 1.54) is 24.9 Å². The summed E-state index contributed by atoms with van der Waals surface area (Å²) in [4.78, 5) is 26.3. The fraction of sp³-hybridized carbons (Fsp3) is 0.0909. The molecule has 2 aromatic rings. The van der Waals surface area contributed by atoms with E-state index in [-0.39, 0.29) is 5.56 Å². The van der Waals surface area contributed by atoms with Crippen molar-refractivity contribution in [2.45, 2.75) is 9.92 Å². The van der Waals surface area contributed by atoms with Crippen molar-refractivity contribution in [3.63, 3.8) is 0 Å². The Labute approximate surface area is 95.9 Å². The summed E-state index contributed by atoms with van der Waals surface area (Å²) in [6, 6.07) is 11.0. The summed E-state index contributed by atoms with van der Waals surface area (Å²) in [6.07, 6.45) is 0. The Morgan fingerprint density at radius 1 is 1.19 bits per heavy atom. The van der Waals surface area contributed by atoms with Gasteiger partial charge < -0.3 is 4.98 Å². The first kappa shape index (κ1) is 10.8. The van der Waals surface area contributed by atoms with Gasteiger partial charge in [0.2, 0.25) is 0 Å². The van der Waals surface area contributed by atoms with Crippen LogP contribution in [0.4, 0.5) is 0 Å². The molecule has 0 amide bonds. The van der Waals surface area contributed by atoms with Crippen LogP contribution in [0.25, 0.3) is 0 Å². The predicted molar refractivity (Wildman–Crippen MR) is 62.9 cm³/mol. The van der Waals surface area contributed by atoms with Crippen molar-refractivity contribution < 1.29 is 0 Å². The smallest absolute Gasteiger partial charge is 0.301 e. The van der Waals surface area contributed by atoms with Crippen LogP contribution in [-0.4, -0.2) is 9.55 Å². The van der Waals surface area contributed by atoms with E-state index < -0.39 is 5.69 Å². The highest BCUT2D eigenvalue weighted by molar-refractivity contribution is 7.99. The summed E-state index contributed by atoms with van der Waals surface area (Å²) < 4.78 is 1.04. The lowest BCUT2D eigenvalue weighted by atomic mass is 10.4. The van der Waals surface area contributed by atoms with Crippen molar-refractivity contribution in [1.29, 1.82) is 0 Å². The maximum atomic E-state index is 11.4. The summed E-state index contributed by atoms with van der Waals surface area (Å²) in [5, 5.41) is 0.555. The van der Waals surface area contributed by atoms with Gasteiger partial charge in [0.15, 0.2) is 0 Å². The molecule has 1 N–H and O–H groups in total. The molecule has 4 nitrogen and oxygen atoms in total. The van der Waals surface area contributed by atoms with Crippen molar-refractivity contribution in [3.8, 4) is 0 Å². The summed E-state index contributed by atoms with van der Waals surface area (Å²) in [7, 11) is 1.44. The van der Waals surface area contributed by atoms with Crippen molar-refractivity contribution in [3.05, 3.63) is 57.2 Å². The van der Waals surface area contributed by atoms with E-state index in [0.717, 1.165) is 9.46 Å². The molecule has 0 spiro atoms. The van der Waals surface area contributed by atoms with E-state index in [9.17, 15) is 9.59 Å². The number of H-pyrrole nitrogens is 1. The van der Waals surface area contributed by atoms with Crippen LogP contribution in [0.5, 0.6) is 0 Å². The van der Waals surface area contributed by atoms with Gasteiger partial charge in [0, 0.05) is 18.0 Å². The molecule has 0 aliphatic rings. The molecular formula is C11H10N2O2S. The minimum absolute atomic E-state index is 0.304. The monoisotopic (exact) mass is 234 g/mol. The second-order valence-electron chi connectivity index (χ2n) is 3.25. The van der Waals surface area contributed by atoms with Gasteiger partial charge in [-0.05, 0) is 12.1 Å². The van der Waals surface area contributed by atoms with Gasteiger partial charge in [0.1, 0.15) is 0 Å². The Balaban J connectivity index is 2.37. The third kappa shape index (κ3) is 2.25. The number of hydrogen-bond donors (Lipinski definition) is 1. The minimum Gasteiger partial charge on any atom is -0.301 e. The molecule has 0 aliphatic carbocycles. The van der Waals surface area contributed by atoms with E-state index in [1.54, 1.807) is 0 Å². The van der Waals surface area contributed by atoms with Crippen LogP contribution in [0.1, 0.15) is 0 Å². The molecule has 0 bridgehead atoms. The van der Waals surface area contributed by atoms with Gasteiger partial charge in [-0.15, -0.1) is 0 Å². The van der Waals surface area contributed by atoms with E-state index in [4.69, 9.17) is 0 Å². The molecule has 1 aromatic carbocycles. The third-order valence-electron chi connectivity index (χ3n) is 2.09. The number of rotatable bonds is 2. The molecule has 5 heteroatoms. The number of nitrogens with zero attached hydrogens (tertiary/aromatic N) is 1. The number of nitrogens with one attached hydrogen (secondary N) is 1. The molecule has 0 unspecified atom stereocenters. The van der Waals surface area contributed by atoms with Gasteiger partial charge in [0.05, 0.1) is 5.03 Å². The van der Waals surface area contributed by atoms with Gasteiger partial charge in [-0.25, -0.2) is 4.79 Å². The van der Waals surface area contributed by atoms with Crippen molar-refractivity contribution in [2.24, 2.45) is 7.05 Å². The predicted octanol–water partition coefficient (Wildman–Crippen LogP) is 1.22. The SMILES string of the molecule is Cn1c(=O)cc(Sc2ccccc2)[nH]c1=O. The maximum absolute atomic E-state index is 11.4. The second kappa shape index (κ2) is 4.40. The molecule has 0 radical (unpaired) electrons. The van der Waals surface area contributed by atoms with Gasteiger partial charge in [-0.2, -0.15) is 0 Å². The van der Waals surface area contributed by atoms with Crippen molar-refractivity contribution >= 4 is 11.8 Å². The Morgan fingerprint density at radius 2 is 1.88 bits per heavy atom. The highest BCUT2D eigenvalue weighted by Crippen LogP contribution is 2.23. The molecule has 0 fully saturated rings. The first-order valence-corrected chi connectivity index (χ1v) is 5.52. The summed E-state index contributed by atoms with van der Waals surface area (Å²) in [6.45, 7) is 0. The average molecular weight is 234 g/mol. The number of aromatic amines is 1. The van der Waals surface area contributed by atoms with Gasteiger partial charge in [-0.1, -0.05) is 30.0 Å².